The van der Waals surface area contributed by atoms with Gasteiger partial charge < -0.3 is 19.8 Å². The van der Waals surface area contributed by atoms with Gasteiger partial charge >= 0.3 is 17.9 Å². The number of ether oxygens (including phenoxy) is 1. The van der Waals surface area contributed by atoms with Crippen molar-refractivity contribution >= 4 is 17.9 Å². The fourth-order valence-electron chi connectivity index (χ4n) is 3.00. The zero-order valence-corrected chi connectivity index (χ0v) is 15.3. The van der Waals surface area contributed by atoms with Gasteiger partial charge in [0, 0.05) is 6.20 Å². The third-order valence-electron chi connectivity index (χ3n) is 4.38. The van der Waals surface area contributed by atoms with E-state index in [0.717, 1.165) is 11.8 Å². The lowest BCUT2D eigenvalue weighted by Gasteiger charge is -2.43. The van der Waals surface area contributed by atoms with Gasteiger partial charge in [0.15, 0.2) is 5.57 Å². The maximum absolute atomic E-state index is 12.1. The van der Waals surface area contributed by atoms with Gasteiger partial charge in [0.2, 0.25) is 0 Å². The molecule has 1 aromatic rings. The number of rotatable bonds is 10. The first-order chi connectivity index (χ1) is 12.3. The third-order valence-corrected chi connectivity index (χ3v) is 4.38. The van der Waals surface area contributed by atoms with Gasteiger partial charge in [-0.05, 0) is 25.3 Å². The van der Waals surface area contributed by atoms with Crippen LogP contribution in [0.25, 0.3) is 0 Å². The minimum atomic E-state index is -1.57. The van der Waals surface area contributed by atoms with Gasteiger partial charge in [0.25, 0.3) is 0 Å². The van der Waals surface area contributed by atoms with E-state index in [4.69, 9.17) is 4.74 Å². The number of nitrogens with zero attached hydrogens (tertiary/aromatic N) is 1. The molecular formula is C19H25NO6. The van der Waals surface area contributed by atoms with Crippen molar-refractivity contribution in [1.29, 1.82) is 0 Å². The molecule has 26 heavy (non-hydrogen) atoms. The van der Waals surface area contributed by atoms with Gasteiger partial charge in [-0.25, -0.2) is 9.59 Å². The molecule has 2 N–H and O–H groups in total. The first kappa shape index (κ1) is 21.2. The van der Waals surface area contributed by atoms with Crippen LogP contribution in [0.5, 0.6) is 0 Å². The number of hydrogen-bond acceptors (Lipinski definition) is 5. The predicted molar refractivity (Wildman–Crippen MR) is 95.4 cm³/mol. The second kappa shape index (κ2) is 9.60. The number of benzene rings is 1. The zero-order valence-electron chi connectivity index (χ0n) is 15.3. The topological polar surface area (TPSA) is 104 Å². The molecule has 142 valence electrons. The van der Waals surface area contributed by atoms with Crippen molar-refractivity contribution < 1.29 is 29.3 Å². The van der Waals surface area contributed by atoms with Gasteiger partial charge in [-0.15, -0.1) is 0 Å². The molecule has 0 aliphatic carbocycles. The summed E-state index contributed by atoms with van der Waals surface area (Å²) in [6.45, 7) is 5.40. The average molecular weight is 363 g/mol. The molecule has 0 saturated carbocycles. The second-order valence-electron chi connectivity index (χ2n) is 5.69. The number of carboxylic acid groups (broad SMARTS) is 2. The fraction of sp³-hybridized carbons (Fsp3) is 0.421. The number of hydrogen-bond donors (Lipinski definition) is 2. The lowest BCUT2D eigenvalue weighted by Crippen LogP contribution is -2.45. The van der Waals surface area contributed by atoms with Crippen LogP contribution in [0.3, 0.4) is 0 Å². The minimum Gasteiger partial charge on any atom is -0.477 e. The van der Waals surface area contributed by atoms with Crippen molar-refractivity contribution in [3.63, 3.8) is 0 Å². The number of esters is 1. The van der Waals surface area contributed by atoms with Crippen LogP contribution < -0.4 is 0 Å². The lowest BCUT2D eigenvalue weighted by molar-refractivity contribution is -0.146. The highest BCUT2D eigenvalue weighted by atomic mass is 16.5. The molecule has 0 amide bonds. The van der Waals surface area contributed by atoms with Crippen molar-refractivity contribution in [3.05, 3.63) is 47.7 Å². The molecule has 0 unspecified atom stereocenters. The summed E-state index contributed by atoms with van der Waals surface area (Å²) < 4.78 is 4.99. The lowest BCUT2D eigenvalue weighted by atomic mass is 9.83. The molecular weight excluding hydrogens is 338 g/mol. The third kappa shape index (κ3) is 4.84. The number of carbonyl (C=O) groups is 3. The van der Waals surface area contributed by atoms with Crippen LogP contribution in [0.1, 0.15) is 39.2 Å². The maximum Gasteiger partial charge on any atom is 0.344 e. The second-order valence-corrected chi connectivity index (χ2v) is 5.69. The highest BCUT2D eigenvalue weighted by molar-refractivity contribution is 6.12. The summed E-state index contributed by atoms with van der Waals surface area (Å²) in [5.41, 5.74) is -0.693. The Hall–Kier alpha value is -2.83. The van der Waals surface area contributed by atoms with Crippen molar-refractivity contribution in [2.24, 2.45) is 0 Å². The Labute approximate surface area is 152 Å². The SMILES string of the molecule is CCOC(=O)CN(C=C(C(=O)O)C(=O)O)C(CC)(CC)c1ccccc1. The fourth-order valence-corrected chi connectivity index (χ4v) is 3.00. The largest absolute Gasteiger partial charge is 0.477 e. The smallest absolute Gasteiger partial charge is 0.344 e. The van der Waals surface area contributed by atoms with Gasteiger partial charge in [-0.2, -0.15) is 0 Å². The van der Waals surface area contributed by atoms with E-state index in [1.807, 2.05) is 44.2 Å². The average Bonchev–Trinajstić information content (AvgIpc) is 2.61. The van der Waals surface area contributed by atoms with E-state index in [1.54, 1.807) is 6.92 Å². The quantitative estimate of drug-likeness (QED) is 0.285. The Kier molecular flexibility index (Phi) is 7.83. The molecule has 1 rings (SSSR count). The molecule has 0 saturated heterocycles. The van der Waals surface area contributed by atoms with Crippen LogP contribution >= 0.6 is 0 Å². The summed E-state index contributed by atoms with van der Waals surface area (Å²) >= 11 is 0. The Morgan fingerprint density at radius 1 is 1.04 bits per heavy atom. The normalized spacial score (nSPS) is 10.7. The highest BCUT2D eigenvalue weighted by Gasteiger charge is 2.36. The maximum atomic E-state index is 12.1. The number of aliphatic carboxylic acids is 2. The molecule has 0 spiro atoms. The van der Waals surface area contributed by atoms with E-state index in [9.17, 15) is 24.6 Å². The van der Waals surface area contributed by atoms with E-state index in [2.05, 4.69) is 0 Å². The Bertz CT molecular complexity index is 648. The van der Waals surface area contributed by atoms with Crippen LogP contribution in [0.15, 0.2) is 42.1 Å². The highest BCUT2D eigenvalue weighted by Crippen LogP contribution is 2.36. The number of carboxylic acids is 2. The first-order valence-electron chi connectivity index (χ1n) is 8.48. The van der Waals surface area contributed by atoms with Crippen LogP contribution in [0.2, 0.25) is 0 Å². The number of carbonyl (C=O) groups excluding carboxylic acids is 1. The van der Waals surface area contributed by atoms with Gasteiger partial charge in [-0.3, -0.25) is 4.79 Å². The van der Waals surface area contributed by atoms with Crippen molar-refractivity contribution in [3.8, 4) is 0 Å². The molecule has 1 aromatic carbocycles. The monoisotopic (exact) mass is 363 g/mol. The molecule has 0 radical (unpaired) electrons. The zero-order chi connectivity index (χ0) is 19.7. The molecule has 7 nitrogen and oxygen atoms in total. The Morgan fingerprint density at radius 3 is 2.00 bits per heavy atom. The summed E-state index contributed by atoms with van der Waals surface area (Å²) in [5.74, 6) is -3.69. The van der Waals surface area contributed by atoms with Crippen LogP contribution in [0.4, 0.5) is 0 Å². The molecule has 0 atom stereocenters. The summed E-state index contributed by atoms with van der Waals surface area (Å²) in [6, 6.07) is 9.29. The van der Waals surface area contributed by atoms with E-state index >= 15 is 0 Å². The summed E-state index contributed by atoms with van der Waals surface area (Å²) in [7, 11) is 0. The molecule has 0 fully saturated rings. The molecule has 7 heteroatoms. The first-order valence-corrected chi connectivity index (χ1v) is 8.48. The van der Waals surface area contributed by atoms with Gasteiger partial charge in [0.05, 0.1) is 12.1 Å². The van der Waals surface area contributed by atoms with Crippen molar-refractivity contribution in [2.75, 3.05) is 13.2 Å². The van der Waals surface area contributed by atoms with E-state index in [1.165, 1.54) is 4.90 Å². The predicted octanol–water partition coefficient (Wildman–Crippen LogP) is 2.62. The summed E-state index contributed by atoms with van der Waals surface area (Å²) in [5, 5.41) is 18.4. The summed E-state index contributed by atoms with van der Waals surface area (Å²) in [4.78, 5) is 36.2. The van der Waals surface area contributed by atoms with Crippen LogP contribution in [-0.4, -0.2) is 46.2 Å². The molecule has 0 aliphatic heterocycles. The van der Waals surface area contributed by atoms with E-state index in [0.29, 0.717) is 12.8 Å². The van der Waals surface area contributed by atoms with Crippen LogP contribution in [0, 0.1) is 0 Å². The van der Waals surface area contributed by atoms with Crippen molar-refractivity contribution in [1.82, 2.24) is 4.90 Å². The van der Waals surface area contributed by atoms with Gasteiger partial charge in [-0.1, -0.05) is 44.2 Å². The molecule has 0 heterocycles. The van der Waals surface area contributed by atoms with Crippen molar-refractivity contribution in [2.45, 2.75) is 39.2 Å². The standard InChI is InChI=1S/C19H25NO6/c1-4-19(5-2,14-10-8-7-9-11-14)20(13-16(21)26-6-3)12-15(17(22)23)18(24)25/h7-12H,4-6,13H2,1-3H3,(H,22,23)(H,24,25). The Balaban J connectivity index is 3.53. The minimum absolute atomic E-state index is 0.178. The van der Waals surface area contributed by atoms with E-state index in [-0.39, 0.29) is 13.2 Å². The Morgan fingerprint density at radius 2 is 1.58 bits per heavy atom. The van der Waals surface area contributed by atoms with Gasteiger partial charge in [0.1, 0.15) is 6.54 Å². The molecule has 0 bridgehead atoms. The van der Waals surface area contributed by atoms with Crippen LogP contribution in [-0.2, 0) is 24.7 Å². The molecule has 0 aromatic heterocycles. The summed E-state index contributed by atoms with van der Waals surface area (Å²) in [6.07, 6.45) is 2.10. The van der Waals surface area contributed by atoms with E-state index < -0.39 is 29.0 Å². The molecule has 0 aliphatic rings.